The fraction of sp³-hybridized carbons (Fsp3) is 0.379. The highest BCUT2D eigenvalue weighted by atomic mass is 35.5. The van der Waals surface area contributed by atoms with Crippen molar-refractivity contribution in [3.63, 3.8) is 0 Å². The highest BCUT2D eigenvalue weighted by Gasteiger charge is 2.40. The molecule has 3 aromatic heterocycles. The number of sulfonamides is 1. The maximum Gasteiger partial charge on any atom is 0.293 e. The van der Waals surface area contributed by atoms with E-state index in [4.69, 9.17) is 16.3 Å². The van der Waals surface area contributed by atoms with Crippen molar-refractivity contribution < 1.29 is 37.3 Å². The number of fused-ring (bicyclic) bond motifs is 2. The summed E-state index contributed by atoms with van der Waals surface area (Å²) in [6.45, 7) is 12.0. The second kappa shape index (κ2) is 26.2. The molecule has 0 spiro atoms. The van der Waals surface area contributed by atoms with Crippen LogP contribution >= 0.6 is 11.6 Å². The van der Waals surface area contributed by atoms with Crippen LogP contribution in [0.2, 0.25) is 5.02 Å². The largest absolute Gasteiger partial charge is 0.455 e. The molecule has 12 rings (SSSR count). The molecule has 22 nitrogen and oxygen atoms in total. The molecule has 0 bridgehead atoms. The van der Waals surface area contributed by atoms with E-state index in [2.05, 4.69) is 88.2 Å². The minimum atomic E-state index is -4.64. The van der Waals surface area contributed by atoms with Gasteiger partial charge >= 0.3 is 0 Å². The summed E-state index contributed by atoms with van der Waals surface area (Å²) in [6.07, 6.45) is 11.8. The normalized spacial score (nSPS) is 18.3. The summed E-state index contributed by atoms with van der Waals surface area (Å²) in [5, 5.41) is 28.3. The second-order valence-electron chi connectivity index (χ2n) is 24.6. The molecule has 466 valence electrons. The van der Waals surface area contributed by atoms with Crippen molar-refractivity contribution in [2.24, 2.45) is 11.3 Å². The van der Waals surface area contributed by atoms with E-state index in [1.807, 2.05) is 30.5 Å². The number of H-pyrrole nitrogens is 1. The zero-order valence-electron chi connectivity index (χ0n) is 50.2. The summed E-state index contributed by atoms with van der Waals surface area (Å²) < 4.78 is 38.3. The van der Waals surface area contributed by atoms with Gasteiger partial charge in [-0.3, -0.25) is 49.1 Å². The van der Waals surface area contributed by atoms with Gasteiger partial charge in [0.05, 0.1) is 27.3 Å². The number of pyridine rings is 1. The quantitative estimate of drug-likeness (QED) is 0.0193. The number of nitro benzene ring substituents is 1. The molecule has 4 aliphatic heterocycles. The van der Waals surface area contributed by atoms with E-state index in [1.54, 1.807) is 41.2 Å². The van der Waals surface area contributed by atoms with Crippen LogP contribution in [0.1, 0.15) is 115 Å². The number of aromatic nitrogens is 5. The highest BCUT2D eigenvalue weighted by Crippen LogP contribution is 2.44. The number of carbonyl (C=O) groups is 4. The number of rotatable bonds is 19. The minimum absolute atomic E-state index is 0.0602. The van der Waals surface area contributed by atoms with Gasteiger partial charge in [0, 0.05) is 123 Å². The van der Waals surface area contributed by atoms with Crippen LogP contribution in [0, 0.1) is 33.3 Å². The summed E-state index contributed by atoms with van der Waals surface area (Å²) in [7, 11) is -4.64. The standard InChI is InChI=1S/C66H70ClN13O9S/c1-66(2)24-20-47(55(36-66)45-10-12-48(67)13-11-45)39-76-29-31-77(32-30-76)50-14-16-54(60(34-50)89-51-33-46-21-25-68-62(46)70-38-51)63(82)73-90(87,88)52-15-17-57(59(35-52)80(85)86)69-37-43-22-27-75(28-23-43)40-49-41-78(74-72-49)26-5-3-4-7-44-8-6-9-53-56(44)42-79(65(53)84)58-18-19-61(81)71-64(58)83/h6,8-17,21,25,33-35,38,41,43,58,69H,3,5,18-20,22-24,26-32,36-37,39-40,42H2,1-2H3,(H,68,70)(H,73,82)(H,71,81,83). The molecule has 1 unspecified atom stereocenters. The first-order chi connectivity index (χ1) is 43.4. The van der Waals surface area contributed by atoms with Crippen molar-refractivity contribution in [2.75, 3.05) is 62.6 Å². The number of nitro groups is 1. The number of hydrogen-bond donors (Lipinski definition) is 4. The summed E-state index contributed by atoms with van der Waals surface area (Å²) in [4.78, 5) is 79.0. The molecule has 0 saturated carbocycles. The molecule has 4 aromatic carbocycles. The fourth-order valence-electron chi connectivity index (χ4n) is 12.7. The number of piperazine rings is 1. The molecule has 4 amide bonds. The van der Waals surface area contributed by atoms with E-state index >= 15 is 0 Å². The molecule has 1 aliphatic carbocycles. The number of allylic oxidation sites excluding steroid dienone is 1. The van der Waals surface area contributed by atoms with Crippen molar-refractivity contribution in [2.45, 2.75) is 102 Å². The van der Waals surface area contributed by atoms with Crippen LogP contribution in [-0.2, 0) is 39.2 Å². The van der Waals surface area contributed by atoms with Gasteiger partial charge in [0.1, 0.15) is 28.9 Å². The van der Waals surface area contributed by atoms with Crippen LogP contribution in [0.5, 0.6) is 11.5 Å². The number of benzene rings is 4. The SMILES string of the molecule is CC1(C)CCC(CN2CCN(c3ccc(C(=O)NS(=O)(=O)c4ccc(NCC5CCN(Cc6cn(CCCC#Cc7cccc8c7CN(C7CCC(=O)NC7=O)C8=O)nn6)CC5)c([N+](=O)[O-])c4)c(Oc4cnc5[nH]ccc5c4)c3)CC2)=C(c2ccc(Cl)cc2)C1. The first kappa shape index (κ1) is 61.3. The van der Waals surface area contributed by atoms with Crippen LogP contribution in [-0.4, -0.2) is 135 Å². The fourth-order valence-corrected chi connectivity index (χ4v) is 13.8. The molecule has 0 radical (unpaired) electrons. The van der Waals surface area contributed by atoms with Crippen molar-refractivity contribution >= 4 is 78.9 Å². The van der Waals surface area contributed by atoms with Crippen LogP contribution in [0.4, 0.5) is 17.1 Å². The molecule has 24 heteroatoms. The first-order valence-corrected chi connectivity index (χ1v) is 32.4. The molecule has 7 aromatic rings. The number of ether oxygens (including phenoxy) is 1. The number of halogens is 1. The van der Waals surface area contributed by atoms with Gasteiger partial charge in [-0.2, -0.15) is 0 Å². The van der Waals surface area contributed by atoms with Crippen molar-refractivity contribution in [3.8, 4) is 23.3 Å². The van der Waals surface area contributed by atoms with E-state index < -0.39 is 43.4 Å². The van der Waals surface area contributed by atoms with Gasteiger partial charge in [-0.1, -0.05) is 66.3 Å². The lowest BCUT2D eigenvalue weighted by Crippen LogP contribution is -2.52. The zero-order chi connectivity index (χ0) is 62.7. The molecule has 3 fully saturated rings. The number of nitrogens with one attached hydrogen (secondary N) is 4. The van der Waals surface area contributed by atoms with Crippen LogP contribution in [0.15, 0.2) is 120 Å². The average molecular weight is 1260 g/mol. The maximum absolute atomic E-state index is 14.2. The molecule has 90 heavy (non-hydrogen) atoms. The third kappa shape index (κ3) is 14.1. The lowest BCUT2D eigenvalue weighted by Gasteiger charge is -2.39. The Balaban J connectivity index is 0.631. The Morgan fingerprint density at radius 2 is 1.72 bits per heavy atom. The molecule has 4 N–H and O–H groups in total. The molecule has 1 atom stereocenters. The number of nitrogens with zero attached hydrogens (tertiary/aromatic N) is 9. The predicted molar refractivity (Wildman–Crippen MR) is 340 cm³/mol. The number of piperidine rings is 2. The Hall–Kier alpha value is -8.95. The Bertz CT molecular complexity index is 4140. The van der Waals surface area contributed by atoms with Crippen LogP contribution in [0.3, 0.4) is 0 Å². The van der Waals surface area contributed by atoms with E-state index in [0.717, 1.165) is 110 Å². The summed E-state index contributed by atoms with van der Waals surface area (Å²) in [6, 6.07) is 25.1. The van der Waals surface area contributed by atoms with Crippen molar-refractivity contribution in [3.05, 3.63) is 164 Å². The summed E-state index contributed by atoms with van der Waals surface area (Å²) in [5.74, 6) is 5.07. The number of likely N-dealkylation sites (tertiary alicyclic amines) is 1. The van der Waals surface area contributed by atoms with Gasteiger partial charge in [-0.25, -0.2) is 18.1 Å². The first-order valence-electron chi connectivity index (χ1n) is 30.5. The van der Waals surface area contributed by atoms with E-state index in [1.165, 1.54) is 46.0 Å². The number of amides is 4. The van der Waals surface area contributed by atoms with Gasteiger partial charge in [-0.15, -0.1) is 5.10 Å². The number of aromatic amines is 1. The van der Waals surface area contributed by atoms with Gasteiger partial charge in [0.25, 0.3) is 27.5 Å². The Kier molecular flexibility index (Phi) is 17.9. The van der Waals surface area contributed by atoms with Crippen molar-refractivity contribution in [1.82, 2.24) is 49.7 Å². The van der Waals surface area contributed by atoms with E-state index in [9.17, 15) is 37.7 Å². The molecular weight excluding hydrogens is 1190 g/mol. The number of hydrogen-bond acceptors (Lipinski definition) is 16. The monoisotopic (exact) mass is 1260 g/mol. The third-order valence-corrected chi connectivity index (χ3v) is 19.4. The number of unbranched alkanes of at least 4 members (excludes halogenated alkanes) is 1. The predicted octanol–water partition coefficient (Wildman–Crippen LogP) is 9.33. The van der Waals surface area contributed by atoms with Crippen LogP contribution < -0.4 is 25.0 Å². The molecule has 3 saturated heterocycles. The molecule has 5 aliphatic rings. The number of imide groups is 1. The number of aryl methyl sites for hydroxylation is 1. The highest BCUT2D eigenvalue weighted by molar-refractivity contribution is 7.90. The third-order valence-electron chi connectivity index (χ3n) is 17.8. The molecule has 7 heterocycles. The Labute approximate surface area is 526 Å². The summed E-state index contributed by atoms with van der Waals surface area (Å²) in [5.41, 5.74) is 8.25. The lowest BCUT2D eigenvalue weighted by atomic mass is 9.72. The van der Waals surface area contributed by atoms with Gasteiger partial charge in [-0.05, 0) is 147 Å². The van der Waals surface area contributed by atoms with Gasteiger partial charge in [0.15, 0.2) is 0 Å². The van der Waals surface area contributed by atoms with Gasteiger partial charge < -0.3 is 24.8 Å². The topological polar surface area (TPSA) is 263 Å². The number of carbonyl (C=O) groups excluding carboxylic acids is 4. The smallest absolute Gasteiger partial charge is 0.293 e. The molecular formula is C66H70ClN13O9S. The summed E-state index contributed by atoms with van der Waals surface area (Å²) >= 11 is 6.28. The number of anilines is 2. The lowest BCUT2D eigenvalue weighted by molar-refractivity contribution is -0.384. The van der Waals surface area contributed by atoms with Gasteiger partial charge in [0.2, 0.25) is 11.8 Å². The second-order valence-corrected chi connectivity index (χ2v) is 26.8. The minimum Gasteiger partial charge on any atom is -0.455 e. The van der Waals surface area contributed by atoms with Crippen molar-refractivity contribution in [1.29, 1.82) is 0 Å². The maximum atomic E-state index is 14.2. The van der Waals surface area contributed by atoms with E-state index in [-0.39, 0.29) is 53.1 Å². The zero-order valence-corrected chi connectivity index (χ0v) is 51.7. The van der Waals surface area contributed by atoms with E-state index in [0.29, 0.717) is 62.5 Å². The Morgan fingerprint density at radius 1 is 0.922 bits per heavy atom. The average Bonchev–Trinajstić information content (AvgIpc) is 1.55. The van der Waals surface area contributed by atoms with Crippen LogP contribution in [0.25, 0.3) is 16.6 Å². The Morgan fingerprint density at radius 3 is 2.51 bits per heavy atom.